The molecule has 1 amide bonds. The highest BCUT2D eigenvalue weighted by Gasteiger charge is 2.27. The van der Waals surface area contributed by atoms with Crippen LogP contribution in [0.2, 0.25) is 15.1 Å². The van der Waals surface area contributed by atoms with E-state index >= 15 is 0 Å². The molecule has 0 spiro atoms. The van der Waals surface area contributed by atoms with Gasteiger partial charge in [0.15, 0.2) is 0 Å². The van der Waals surface area contributed by atoms with Crippen molar-refractivity contribution in [2.24, 2.45) is 0 Å². The van der Waals surface area contributed by atoms with Crippen LogP contribution >= 0.6 is 34.8 Å². The smallest absolute Gasteiger partial charge is 0.246 e. The Morgan fingerprint density at radius 1 is 0.781 bits per heavy atom. The first-order chi connectivity index (χ1) is 15.5. The average Bonchev–Trinajstić information content (AvgIpc) is 2.81. The first kappa shape index (κ1) is 22.9. The highest BCUT2D eigenvalue weighted by Crippen LogP contribution is 2.30. The van der Waals surface area contributed by atoms with Crippen LogP contribution in [0.15, 0.2) is 78.9 Å². The fraction of sp³-hybridized carbons (Fsp3) is 0.192. The van der Waals surface area contributed by atoms with E-state index in [4.69, 9.17) is 34.8 Å². The van der Waals surface area contributed by atoms with Crippen molar-refractivity contribution < 1.29 is 4.79 Å². The Hall–Kier alpha value is -2.30. The lowest BCUT2D eigenvalue weighted by Gasteiger charge is -2.39. The van der Waals surface area contributed by atoms with Gasteiger partial charge >= 0.3 is 0 Å². The number of halogens is 3. The van der Waals surface area contributed by atoms with Gasteiger partial charge in [-0.2, -0.15) is 0 Å². The van der Waals surface area contributed by atoms with Gasteiger partial charge in [-0.15, -0.1) is 0 Å². The summed E-state index contributed by atoms with van der Waals surface area (Å²) >= 11 is 18.3. The Kier molecular flexibility index (Phi) is 7.54. The summed E-state index contributed by atoms with van der Waals surface area (Å²) in [6.45, 7) is 2.88. The van der Waals surface area contributed by atoms with Crippen LogP contribution in [-0.4, -0.2) is 41.9 Å². The average molecular weight is 486 g/mol. The second kappa shape index (κ2) is 10.5. The van der Waals surface area contributed by atoms with Crippen LogP contribution in [-0.2, 0) is 4.79 Å². The Morgan fingerprint density at radius 2 is 1.41 bits per heavy atom. The SMILES string of the molecule is O=C(/C=C/c1ccc(Cl)cc1Cl)N1CCN(C(c2ccccc2)c2ccc(Cl)cc2)CC1. The standard InChI is InChI=1S/C26H23Cl3N2O/c27-22-10-7-21(8-11-22)26(20-4-2-1-3-5-20)31-16-14-30(15-17-31)25(32)13-9-19-6-12-23(28)18-24(19)29/h1-13,18,26H,14-17H2/b13-9+. The maximum Gasteiger partial charge on any atom is 0.246 e. The first-order valence-electron chi connectivity index (χ1n) is 10.5. The highest BCUT2D eigenvalue weighted by atomic mass is 35.5. The second-order valence-electron chi connectivity index (χ2n) is 7.73. The third-order valence-electron chi connectivity index (χ3n) is 5.66. The van der Waals surface area contributed by atoms with Gasteiger partial charge in [0.1, 0.15) is 0 Å². The van der Waals surface area contributed by atoms with Gasteiger partial charge in [-0.3, -0.25) is 9.69 Å². The van der Waals surface area contributed by atoms with Crippen LogP contribution in [0.25, 0.3) is 6.08 Å². The topological polar surface area (TPSA) is 23.6 Å². The molecule has 3 nitrogen and oxygen atoms in total. The fourth-order valence-corrected chi connectivity index (χ4v) is 4.60. The van der Waals surface area contributed by atoms with E-state index < -0.39 is 0 Å². The Morgan fingerprint density at radius 3 is 2.06 bits per heavy atom. The Bertz CT molecular complexity index is 1090. The Balaban J connectivity index is 1.45. The van der Waals surface area contributed by atoms with Crippen molar-refractivity contribution in [3.8, 4) is 0 Å². The van der Waals surface area contributed by atoms with Crippen molar-refractivity contribution in [1.29, 1.82) is 0 Å². The first-order valence-corrected chi connectivity index (χ1v) is 11.6. The van der Waals surface area contributed by atoms with E-state index in [2.05, 4.69) is 41.3 Å². The van der Waals surface area contributed by atoms with Crippen LogP contribution in [0.5, 0.6) is 0 Å². The second-order valence-corrected chi connectivity index (χ2v) is 9.01. The molecule has 32 heavy (non-hydrogen) atoms. The molecule has 3 aromatic rings. The van der Waals surface area contributed by atoms with E-state index in [0.717, 1.165) is 23.7 Å². The number of carbonyl (C=O) groups excluding carboxylic acids is 1. The molecule has 0 radical (unpaired) electrons. The van der Waals surface area contributed by atoms with E-state index in [1.807, 2.05) is 29.2 Å². The summed E-state index contributed by atoms with van der Waals surface area (Å²) < 4.78 is 0. The fourth-order valence-electron chi connectivity index (χ4n) is 4.00. The molecule has 0 bridgehead atoms. The summed E-state index contributed by atoms with van der Waals surface area (Å²) in [4.78, 5) is 17.0. The lowest BCUT2D eigenvalue weighted by atomic mass is 9.96. The number of benzene rings is 3. The van der Waals surface area contributed by atoms with E-state index in [9.17, 15) is 4.79 Å². The van der Waals surface area contributed by atoms with Crippen LogP contribution in [0.4, 0.5) is 0 Å². The molecular weight excluding hydrogens is 463 g/mol. The molecule has 164 valence electrons. The number of piperazine rings is 1. The van der Waals surface area contributed by atoms with Crippen LogP contribution in [0.1, 0.15) is 22.7 Å². The van der Waals surface area contributed by atoms with E-state index in [1.54, 1.807) is 24.3 Å². The van der Waals surface area contributed by atoms with Gasteiger partial charge in [0.2, 0.25) is 5.91 Å². The molecule has 0 aliphatic carbocycles. The zero-order valence-electron chi connectivity index (χ0n) is 17.4. The molecule has 1 atom stereocenters. The zero-order chi connectivity index (χ0) is 22.5. The quantitative estimate of drug-likeness (QED) is 0.380. The maximum absolute atomic E-state index is 12.7. The van der Waals surface area contributed by atoms with Gasteiger partial charge in [-0.25, -0.2) is 0 Å². The van der Waals surface area contributed by atoms with Crippen LogP contribution in [0.3, 0.4) is 0 Å². The van der Waals surface area contributed by atoms with E-state index in [1.165, 1.54) is 11.1 Å². The molecule has 0 N–H and O–H groups in total. The van der Waals surface area contributed by atoms with Gasteiger partial charge < -0.3 is 4.90 Å². The lowest BCUT2D eigenvalue weighted by Crippen LogP contribution is -2.49. The molecule has 1 heterocycles. The predicted molar refractivity (Wildman–Crippen MR) is 133 cm³/mol. The molecule has 0 saturated carbocycles. The predicted octanol–water partition coefficient (Wildman–Crippen LogP) is 6.59. The number of carbonyl (C=O) groups is 1. The third-order valence-corrected chi connectivity index (χ3v) is 6.47. The molecule has 1 fully saturated rings. The Labute approximate surface area is 203 Å². The number of hydrogen-bond donors (Lipinski definition) is 0. The monoisotopic (exact) mass is 484 g/mol. The van der Waals surface area contributed by atoms with Crippen molar-refractivity contribution >= 4 is 46.8 Å². The summed E-state index contributed by atoms with van der Waals surface area (Å²) in [6.07, 6.45) is 3.33. The zero-order valence-corrected chi connectivity index (χ0v) is 19.7. The largest absolute Gasteiger partial charge is 0.337 e. The minimum Gasteiger partial charge on any atom is -0.337 e. The van der Waals surface area contributed by atoms with Crippen molar-refractivity contribution in [2.45, 2.75) is 6.04 Å². The van der Waals surface area contributed by atoms with Gasteiger partial charge in [0.05, 0.1) is 6.04 Å². The molecule has 1 aliphatic heterocycles. The molecule has 6 heteroatoms. The molecule has 0 aromatic heterocycles. The summed E-state index contributed by atoms with van der Waals surface area (Å²) in [5.74, 6) is -0.0154. The summed E-state index contributed by atoms with van der Waals surface area (Å²) in [7, 11) is 0. The molecule has 1 unspecified atom stereocenters. The van der Waals surface area contributed by atoms with E-state index in [0.29, 0.717) is 23.1 Å². The highest BCUT2D eigenvalue weighted by molar-refractivity contribution is 6.35. The normalized spacial score (nSPS) is 15.8. The number of amides is 1. The minimum absolute atomic E-state index is 0.0154. The van der Waals surface area contributed by atoms with Gasteiger partial charge in [0, 0.05) is 47.3 Å². The summed E-state index contributed by atoms with van der Waals surface area (Å²) in [5, 5.41) is 1.83. The molecule has 1 aliphatic rings. The van der Waals surface area contributed by atoms with Crippen molar-refractivity contribution in [1.82, 2.24) is 9.80 Å². The van der Waals surface area contributed by atoms with Gasteiger partial charge in [0.25, 0.3) is 0 Å². The summed E-state index contributed by atoms with van der Waals surface area (Å²) in [6, 6.07) is 23.8. The molecule has 1 saturated heterocycles. The van der Waals surface area contributed by atoms with Gasteiger partial charge in [-0.1, -0.05) is 83.3 Å². The van der Waals surface area contributed by atoms with Crippen molar-refractivity contribution in [3.05, 3.63) is 111 Å². The summed E-state index contributed by atoms with van der Waals surface area (Å²) in [5.41, 5.74) is 3.19. The number of rotatable bonds is 5. The number of nitrogens with zero attached hydrogens (tertiary/aromatic N) is 2. The maximum atomic E-state index is 12.7. The minimum atomic E-state index is -0.0154. The van der Waals surface area contributed by atoms with E-state index in [-0.39, 0.29) is 11.9 Å². The molecule has 3 aromatic carbocycles. The molecular formula is C26H23Cl3N2O. The number of hydrogen-bond acceptors (Lipinski definition) is 2. The van der Waals surface area contributed by atoms with Gasteiger partial charge in [-0.05, 0) is 47.0 Å². The van der Waals surface area contributed by atoms with Crippen molar-refractivity contribution in [3.63, 3.8) is 0 Å². The van der Waals surface area contributed by atoms with Crippen molar-refractivity contribution in [2.75, 3.05) is 26.2 Å². The van der Waals surface area contributed by atoms with Crippen LogP contribution < -0.4 is 0 Å². The lowest BCUT2D eigenvalue weighted by molar-refractivity contribution is -0.127. The molecule has 4 rings (SSSR count). The third kappa shape index (κ3) is 5.54. The van der Waals surface area contributed by atoms with Crippen LogP contribution in [0, 0.1) is 0 Å².